The third-order valence-corrected chi connectivity index (χ3v) is 9.32. The minimum atomic E-state index is -0.752. The van der Waals surface area contributed by atoms with E-state index in [4.69, 9.17) is 19.2 Å². The first-order chi connectivity index (χ1) is 23.2. The number of nitro groups is 2. The quantitative estimate of drug-likeness (QED) is 0.146. The molecule has 1 aliphatic heterocycles. The summed E-state index contributed by atoms with van der Waals surface area (Å²) in [6.45, 7) is 0. The zero-order valence-corrected chi connectivity index (χ0v) is 26.4. The van der Waals surface area contributed by atoms with E-state index in [1.165, 1.54) is 30.1 Å². The van der Waals surface area contributed by atoms with Crippen molar-refractivity contribution in [2.24, 2.45) is 4.99 Å². The largest absolute Gasteiger partial charge is 0.497 e. The molecule has 0 bridgehead atoms. The maximum Gasteiger partial charge on any atom is 0.318 e. The Kier molecular flexibility index (Phi) is 7.81. The molecule has 7 rings (SSSR count). The van der Waals surface area contributed by atoms with E-state index in [2.05, 4.69) is 12.1 Å². The molecule has 1 aliphatic carbocycles. The summed E-state index contributed by atoms with van der Waals surface area (Å²) in [6, 6.07) is 23.6. The minimum Gasteiger partial charge on any atom is -0.497 e. The van der Waals surface area contributed by atoms with Gasteiger partial charge in [0.2, 0.25) is 5.75 Å². The van der Waals surface area contributed by atoms with Crippen LogP contribution in [0.1, 0.15) is 34.7 Å². The number of nitro benzene ring substituents is 2. The molecular formula is C35H26N4O8S. The number of methoxy groups -OCH3 is 2. The second kappa shape index (κ2) is 12.3. The van der Waals surface area contributed by atoms with Gasteiger partial charge in [0.05, 0.1) is 46.4 Å². The van der Waals surface area contributed by atoms with Crippen LogP contribution in [0.3, 0.4) is 0 Å². The monoisotopic (exact) mass is 662 g/mol. The molecule has 0 N–H and O–H groups in total. The van der Waals surface area contributed by atoms with E-state index in [9.17, 15) is 25.0 Å². The zero-order chi connectivity index (χ0) is 33.5. The lowest BCUT2D eigenvalue weighted by Crippen LogP contribution is -2.38. The van der Waals surface area contributed by atoms with Crippen LogP contribution in [-0.2, 0) is 6.42 Å². The maximum atomic E-state index is 14.2. The Balaban J connectivity index is 1.32. The summed E-state index contributed by atoms with van der Waals surface area (Å²) >= 11 is 1.29. The van der Waals surface area contributed by atoms with Crippen LogP contribution in [0.25, 0.3) is 11.8 Å². The van der Waals surface area contributed by atoms with Crippen molar-refractivity contribution in [3.63, 3.8) is 0 Å². The molecule has 1 aromatic heterocycles. The Hall–Kier alpha value is -6.08. The Labute approximate surface area is 276 Å². The second-order valence-electron chi connectivity index (χ2n) is 11.1. The molecule has 5 aromatic rings. The van der Waals surface area contributed by atoms with Crippen LogP contribution in [0, 0.1) is 20.2 Å². The molecule has 2 heterocycles. The summed E-state index contributed by atoms with van der Waals surface area (Å²) < 4.78 is 19.0. The highest BCUT2D eigenvalue weighted by atomic mass is 32.1. The molecule has 0 unspecified atom stereocenters. The summed E-state index contributed by atoms with van der Waals surface area (Å²) in [4.78, 5) is 41.1. The van der Waals surface area contributed by atoms with E-state index < -0.39 is 21.2 Å². The van der Waals surface area contributed by atoms with Crippen molar-refractivity contribution >= 4 is 34.5 Å². The second-order valence-corrected chi connectivity index (χ2v) is 12.1. The number of ether oxygens (including phenoxy) is 3. The number of aromatic nitrogens is 1. The highest BCUT2D eigenvalue weighted by Crippen LogP contribution is 2.42. The molecule has 0 saturated heterocycles. The van der Waals surface area contributed by atoms with Crippen molar-refractivity contribution in [2.45, 2.75) is 18.9 Å². The third-order valence-electron chi connectivity index (χ3n) is 8.34. The van der Waals surface area contributed by atoms with Gasteiger partial charge in [-0.15, -0.1) is 0 Å². The number of fused-ring (bicyclic) bond motifs is 3. The smallest absolute Gasteiger partial charge is 0.318 e. The Morgan fingerprint density at radius 1 is 0.875 bits per heavy atom. The predicted octanol–water partition coefficient (Wildman–Crippen LogP) is 5.94. The number of hydrogen-bond acceptors (Lipinski definition) is 10. The number of allylic oxidation sites excluding steroid dienone is 1. The van der Waals surface area contributed by atoms with Gasteiger partial charge in [-0.3, -0.25) is 29.6 Å². The fraction of sp³-hybridized carbons (Fsp3) is 0.143. The van der Waals surface area contributed by atoms with Crippen molar-refractivity contribution in [1.29, 1.82) is 0 Å². The minimum absolute atomic E-state index is 0.150. The summed E-state index contributed by atoms with van der Waals surface area (Å²) in [7, 11) is 3.03. The molecule has 1 atom stereocenters. The first-order valence-corrected chi connectivity index (χ1v) is 15.6. The number of hydrogen-bond donors (Lipinski definition) is 0. The SMILES string of the molecule is COc1cccc([C@@H]2C3=C(N=c4s/c(=C/c5ccc(Oc6ccc([N+](=O)[O-])cc6[N+](=O)[O-])c(OC)c5)c(=O)n42)c2ccccc2CC3)c1. The van der Waals surface area contributed by atoms with Crippen molar-refractivity contribution in [2.75, 3.05) is 14.2 Å². The lowest BCUT2D eigenvalue weighted by atomic mass is 9.83. The van der Waals surface area contributed by atoms with Crippen molar-refractivity contribution in [1.82, 2.24) is 4.57 Å². The molecule has 48 heavy (non-hydrogen) atoms. The Morgan fingerprint density at radius 2 is 1.69 bits per heavy atom. The Morgan fingerprint density at radius 3 is 2.46 bits per heavy atom. The first-order valence-electron chi connectivity index (χ1n) is 14.8. The maximum absolute atomic E-state index is 14.2. The molecule has 4 aromatic carbocycles. The molecule has 12 nitrogen and oxygen atoms in total. The van der Waals surface area contributed by atoms with E-state index in [0.29, 0.717) is 20.6 Å². The van der Waals surface area contributed by atoms with Gasteiger partial charge >= 0.3 is 5.69 Å². The molecule has 2 aliphatic rings. The van der Waals surface area contributed by atoms with Gasteiger partial charge in [0.1, 0.15) is 5.75 Å². The summed E-state index contributed by atoms with van der Waals surface area (Å²) in [6.07, 6.45) is 3.34. The summed E-state index contributed by atoms with van der Waals surface area (Å²) in [5.41, 5.74) is 4.60. The fourth-order valence-corrected chi connectivity index (χ4v) is 7.11. The third kappa shape index (κ3) is 5.39. The molecule has 0 fully saturated rings. The standard InChI is InChI=1S/C35H26N4O8S/c1-45-24-8-5-7-22(18-24)33-26-13-11-21-6-3-4-9-25(21)32(26)36-35-37(33)34(40)31(48-35)17-20-10-14-29(30(16-20)46-2)47-28-15-12-23(38(41)42)19-27(28)39(43)44/h3-10,12,14-19,33H,11,13H2,1-2H3/b31-17+/t33-/m1/s1. The highest BCUT2D eigenvalue weighted by Gasteiger charge is 2.33. The number of benzene rings is 4. The summed E-state index contributed by atoms with van der Waals surface area (Å²) in [5.74, 6) is 0.898. The van der Waals surface area contributed by atoms with Crippen LogP contribution in [0.15, 0.2) is 100 Å². The van der Waals surface area contributed by atoms with Crippen LogP contribution in [0.4, 0.5) is 11.4 Å². The van der Waals surface area contributed by atoms with Crippen LogP contribution >= 0.6 is 11.3 Å². The molecular weight excluding hydrogens is 636 g/mol. The zero-order valence-electron chi connectivity index (χ0n) is 25.6. The van der Waals surface area contributed by atoms with Crippen molar-refractivity contribution in [3.8, 4) is 23.0 Å². The molecule has 0 radical (unpaired) electrons. The number of thiazole rings is 1. The van der Waals surface area contributed by atoms with Gasteiger partial charge in [0.15, 0.2) is 16.3 Å². The average Bonchev–Trinajstić information content (AvgIpc) is 3.41. The van der Waals surface area contributed by atoms with Crippen molar-refractivity contribution in [3.05, 3.63) is 153 Å². The fourth-order valence-electron chi connectivity index (χ4n) is 6.11. The van der Waals surface area contributed by atoms with Gasteiger partial charge in [-0.25, -0.2) is 4.99 Å². The van der Waals surface area contributed by atoms with Crippen LogP contribution in [0.2, 0.25) is 0 Å². The van der Waals surface area contributed by atoms with E-state index in [1.54, 1.807) is 36.0 Å². The van der Waals surface area contributed by atoms with Gasteiger partial charge < -0.3 is 14.2 Å². The molecule has 0 saturated carbocycles. The van der Waals surface area contributed by atoms with Crippen LogP contribution in [0.5, 0.6) is 23.0 Å². The number of rotatable bonds is 8. The first kappa shape index (κ1) is 30.6. The van der Waals surface area contributed by atoms with E-state index in [1.807, 2.05) is 36.4 Å². The van der Waals surface area contributed by atoms with Crippen LogP contribution < -0.4 is 29.1 Å². The molecule has 240 valence electrons. The number of nitrogens with zero attached hydrogens (tertiary/aromatic N) is 4. The lowest BCUT2D eigenvalue weighted by molar-refractivity contribution is -0.394. The van der Waals surface area contributed by atoms with Gasteiger partial charge in [-0.05, 0) is 71.5 Å². The van der Waals surface area contributed by atoms with E-state index >= 15 is 0 Å². The topological polar surface area (TPSA) is 148 Å². The molecule has 13 heteroatoms. The average molecular weight is 663 g/mol. The lowest BCUT2D eigenvalue weighted by Gasteiger charge is -2.31. The van der Waals surface area contributed by atoms with Gasteiger partial charge in [-0.1, -0.05) is 53.8 Å². The number of non-ortho nitro benzene ring substituents is 1. The Bertz CT molecular complexity index is 2360. The van der Waals surface area contributed by atoms with E-state index in [-0.39, 0.29) is 28.8 Å². The highest BCUT2D eigenvalue weighted by molar-refractivity contribution is 7.07. The van der Waals surface area contributed by atoms with E-state index in [0.717, 1.165) is 47.4 Å². The van der Waals surface area contributed by atoms with Gasteiger partial charge in [-0.2, -0.15) is 0 Å². The van der Waals surface area contributed by atoms with Crippen molar-refractivity contribution < 1.29 is 24.1 Å². The number of aryl methyl sites for hydroxylation is 1. The summed E-state index contributed by atoms with van der Waals surface area (Å²) in [5, 5.41) is 22.8. The van der Waals surface area contributed by atoms with Gasteiger partial charge in [0, 0.05) is 11.6 Å². The molecule has 0 amide bonds. The molecule has 0 spiro atoms. The van der Waals surface area contributed by atoms with Gasteiger partial charge in [0.25, 0.3) is 11.2 Å². The normalized spacial score (nSPS) is 15.1. The predicted molar refractivity (Wildman–Crippen MR) is 179 cm³/mol. The van der Waals surface area contributed by atoms with Crippen LogP contribution in [-0.4, -0.2) is 28.6 Å².